The molecule has 2 unspecified atom stereocenters. The molecular weight excluding hydrogens is 264 g/mol. The Labute approximate surface area is 116 Å². The molecule has 0 radical (unpaired) electrons. The zero-order valence-electron chi connectivity index (χ0n) is 11.0. The smallest absolute Gasteiger partial charge is 0.324 e. The van der Waals surface area contributed by atoms with E-state index in [0.717, 1.165) is 5.56 Å². The largest absolute Gasteiger partial charge is 0.460 e. The topological polar surface area (TPSA) is 38.3 Å². The molecular formula is C15H17F2NO2. The average Bonchev–Trinajstić information content (AvgIpc) is 2.45. The molecule has 4 rings (SSSR count). The summed E-state index contributed by atoms with van der Waals surface area (Å²) in [5, 5.41) is 2.99. The van der Waals surface area contributed by atoms with Crippen molar-refractivity contribution in [2.45, 2.75) is 43.9 Å². The number of carbonyl (C=O) groups excluding carboxylic acids is 1. The number of esters is 1. The summed E-state index contributed by atoms with van der Waals surface area (Å²) in [7, 11) is 0. The molecule has 3 fully saturated rings. The van der Waals surface area contributed by atoms with Gasteiger partial charge in [-0.15, -0.1) is 0 Å². The molecule has 3 atom stereocenters. The van der Waals surface area contributed by atoms with Gasteiger partial charge in [-0.1, -0.05) is 30.3 Å². The summed E-state index contributed by atoms with van der Waals surface area (Å²) >= 11 is 0. The molecule has 3 aliphatic rings. The molecule has 20 heavy (non-hydrogen) atoms. The molecule has 1 aliphatic carbocycles. The molecule has 1 N–H and O–H groups in total. The summed E-state index contributed by atoms with van der Waals surface area (Å²) in [6, 6.07) is 8.08. The highest BCUT2D eigenvalue weighted by Gasteiger charge is 2.55. The number of hydrogen-bond acceptors (Lipinski definition) is 3. The van der Waals surface area contributed by atoms with Crippen LogP contribution in [0.3, 0.4) is 0 Å². The van der Waals surface area contributed by atoms with Gasteiger partial charge < -0.3 is 10.1 Å². The molecule has 1 aromatic rings. The lowest BCUT2D eigenvalue weighted by atomic mass is 9.73. The molecule has 0 amide bonds. The van der Waals surface area contributed by atoms with Crippen molar-refractivity contribution in [3.05, 3.63) is 35.9 Å². The van der Waals surface area contributed by atoms with E-state index in [-0.39, 0.29) is 19.1 Å². The first-order valence-corrected chi connectivity index (χ1v) is 6.91. The molecule has 2 bridgehead atoms. The van der Waals surface area contributed by atoms with Crippen LogP contribution in [0.4, 0.5) is 8.78 Å². The Morgan fingerprint density at radius 3 is 2.70 bits per heavy atom. The number of halogens is 2. The first-order chi connectivity index (χ1) is 9.56. The maximum Gasteiger partial charge on any atom is 0.324 e. The summed E-state index contributed by atoms with van der Waals surface area (Å²) in [6.07, 6.45) is 0.929. The highest BCUT2D eigenvalue weighted by atomic mass is 19.3. The Hall–Kier alpha value is -1.49. The predicted molar refractivity (Wildman–Crippen MR) is 69.2 cm³/mol. The van der Waals surface area contributed by atoms with E-state index >= 15 is 0 Å². The number of ether oxygens (including phenoxy) is 1. The maximum absolute atomic E-state index is 13.8. The number of benzene rings is 1. The Bertz CT molecular complexity index is 492. The van der Waals surface area contributed by atoms with E-state index in [2.05, 4.69) is 5.32 Å². The standard InChI is InChI=1S/C15H17F2NO2/c16-15(17)8-11-6-7-12(15)13(18-11)14(19)20-9-10-4-2-1-3-5-10/h1-5,11-13,18H,6-9H2/t11?,12?,13-/m0/s1. The van der Waals surface area contributed by atoms with E-state index in [1.807, 2.05) is 30.3 Å². The van der Waals surface area contributed by atoms with E-state index in [0.29, 0.717) is 12.8 Å². The molecule has 2 saturated heterocycles. The first kappa shape index (κ1) is 13.5. The molecule has 1 aromatic carbocycles. The lowest BCUT2D eigenvalue weighted by Gasteiger charge is -2.46. The van der Waals surface area contributed by atoms with Crippen molar-refractivity contribution in [1.29, 1.82) is 0 Å². The molecule has 2 heterocycles. The van der Waals surface area contributed by atoms with E-state index in [1.54, 1.807) is 0 Å². The van der Waals surface area contributed by atoms with Crippen LogP contribution in [0.1, 0.15) is 24.8 Å². The van der Waals surface area contributed by atoms with Gasteiger partial charge in [0.25, 0.3) is 5.92 Å². The Balaban J connectivity index is 1.63. The van der Waals surface area contributed by atoms with Crippen LogP contribution in [0.5, 0.6) is 0 Å². The highest BCUT2D eigenvalue weighted by molar-refractivity contribution is 5.77. The minimum atomic E-state index is -2.76. The number of carbonyl (C=O) groups is 1. The summed E-state index contributed by atoms with van der Waals surface area (Å²) in [5.41, 5.74) is 0.855. The summed E-state index contributed by atoms with van der Waals surface area (Å²) in [4.78, 5) is 12.0. The van der Waals surface area contributed by atoms with Crippen molar-refractivity contribution >= 4 is 5.97 Å². The lowest BCUT2D eigenvalue weighted by Crippen LogP contribution is -2.63. The third kappa shape index (κ3) is 2.54. The quantitative estimate of drug-likeness (QED) is 0.865. The van der Waals surface area contributed by atoms with Gasteiger partial charge in [0.1, 0.15) is 12.6 Å². The van der Waals surface area contributed by atoms with Crippen LogP contribution in [0.15, 0.2) is 30.3 Å². The molecule has 0 aromatic heterocycles. The number of fused-ring (bicyclic) bond motifs is 3. The van der Waals surface area contributed by atoms with Crippen LogP contribution < -0.4 is 5.32 Å². The second-order valence-electron chi connectivity index (χ2n) is 5.58. The fourth-order valence-corrected chi connectivity index (χ4v) is 3.15. The Morgan fingerprint density at radius 1 is 1.30 bits per heavy atom. The van der Waals surface area contributed by atoms with Crippen molar-refractivity contribution in [2.75, 3.05) is 0 Å². The van der Waals surface area contributed by atoms with Crippen LogP contribution in [-0.4, -0.2) is 24.0 Å². The van der Waals surface area contributed by atoms with Crippen molar-refractivity contribution in [2.24, 2.45) is 5.92 Å². The normalized spacial score (nSPS) is 31.0. The SMILES string of the molecule is O=C(OCc1ccccc1)[C@H]1NC2CCC1C(F)(F)C2. The van der Waals surface area contributed by atoms with Gasteiger partial charge in [-0.05, 0) is 18.4 Å². The van der Waals surface area contributed by atoms with Crippen molar-refractivity contribution in [3.8, 4) is 0 Å². The second-order valence-corrected chi connectivity index (χ2v) is 5.58. The predicted octanol–water partition coefficient (Wildman–Crippen LogP) is 2.51. The van der Waals surface area contributed by atoms with Crippen LogP contribution >= 0.6 is 0 Å². The first-order valence-electron chi connectivity index (χ1n) is 6.91. The van der Waals surface area contributed by atoms with Gasteiger partial charge in [0.15, 0.2) is 0 Å². The van der Waals surface area contributed by atoms with Gasteiger partial charge in [-0.3, -0.25) is 4.79 Å². The zero-order valence-corrected chi connectivity index (χ0v) is 11.0. The van der Waals surface area contributed by atoms with E-state index in [9.17, 15) is 13.6 Å². The van der Waals surface area contributed by atoms with Crippen molar-refractivity contribution < 1.29 is 18.3 Å². The fourth-order valence-electron chi connectivity index (χ4n) is 3.15. The average molecular weight is 281 g/mol. The maximum atomic E-state index is 13.8. The fraction of sp³-hybridized carbons (Fsp3) is 0.533. The third-order valence-corrected chi connectivity index (χ3v) is 4.18. The Kier molecular flexibility index (Phi) is 3.46. The van der Waals surface area contributed by atoms with Crippen LogP contribution in [-0.2, 0) is 16.1 Å². The molecule has 108 valence electrons. The minimum absolute atomic E-state index is 0.126. The summed E-state index contributed by atoms with van der Waals surface area (Å²) < 4.78 is 32.8. The number of piperidine rings is 2. The number of rotatable bonds is 3. The van der Waals surface area contributed by atoms with Crippen molar-refractivity contribution in [3.63, 3.8) is 0 Å². The lowest BCUT2D eigenvalue weighted by molar-refractivity contribution is -0.171. The number of nitrogens with one attached hydrogen (secondary N) is 1. The van der Waals surface area contributed by atoms with Gasteiger partial charge in [0, 0.05) is 18.4 Å². The van der Waals surface area contributed by atoms with Gasteiger partial charge in [-0.2, -0.15) is 0 Å². The van der Waals surface area contributed by atoms with Crippen LogP contribution in [0, 0.1) is 5.92 Å². The van der Waals surface area contributed by atoms with Crippen LogP contribution in [0.25, 0.3) is 0 Å². The molecule has 3 nitrogen and oxygen atoms in total. The third-order valence-electron chi connectivity index (χ3n) is 4.18. The van der Waals surface area contributed by atoms with Crippen molar-refractivity contribution in [1.82, 2.24) is 5.32 Å². The molecule has 0 spiro atoms. The minimum Gasteiger partial charge on any atom is -0.460 e. The number of hydrogen-bond donors (Lipinski definition) is 1. The Morgan fingerprint density at radius 2 is 2.05 bits per heavy atom. The van der Waals surface area contributed by atoms with E-state index < -0.39 is 23.9 Å². The van der Waals surface area contributed by atoms with E-state index in [4.69, 9.17) is 4.74 Å². The highest BCUT2D eigenvalue weighted by Crippen LogP contribution is 2.44. The van der Waals surface area contributed by atoms with Crippen LogP contribution in [0.2, 0.25) is 0 Å². The zero-order chi connectivity index (χ0) is 14.2. The van der Waals surface area contributed by atoms with Gasteiger partial charge in [-0.25, -0.2) is 8.78 Å². The summed E-state index contributed by atoms with van der Waals surface area (Å²) in [6.45, 7) is 0.126. The molecule has 2 aliphatic heterocycles. The molecule has 5 heteroatoms. The van der Waals surface area contributed by atoms with Gasteiger partial charge in [0.05, 0.1) is 0 Å². The molecule has 1 saturated carbocycles. The van der Waals surface area contributed by atoms with E-state index in [1.165, 1.54) is 0 Å². The summed E-state index contributed by atoms with van der Waals surface area (Å²) in [5.74, 6) is -4.26. The van der Waals surface area contributed by atoms with Gasteiger partial charge in [0.2, 0.25) is 0 Å². The second kappa shape index (κ2) is 5.13. The monoisotopic (exact) mass is 281 g/mol. The number of alkyl halides is 2. The van der Waals surface area contributed by atoms with Gasteiger partial charge >= 0.3 is 5.97 Å².